The van der Waals surface area contributed by atoms with Crippen molar-refractivity contribution >= 4 is 58.7 Å². The normalized spacial score (nSPS) is 17.0. The van der Waals surface area contributed by atoms with Gasteiger partial charge < -0.3 is 5.32 Å². The van der Waals surface area contributed by atoms with E-state index in [2.05, 4.69) is 5.32 Å². The molecule has 25 heavy (non-hydrogen) atoms. The van der Waals surface area contributed by atoms with Gasteiger partial charge in [0, 0.05) is 12.7 Å². The van der Waals surface area contributed by atoms with Crippen molar-refractivity contribution < 1.29 is 24.0 Å². The molecule has 1 fully saturated rings. The molecule has 1 aromatic rings. The third-order valence-electron chi connectivity index (χ3n) is 3.11. The Morgan fingerprint density at radius 1 is 1.12 bits per heavy atom. The molecule has 0 aliphatic carbocycles. The van der Waals surface area contributed by atoms with Crippen LogP contribution in [0.4, 0.5) is 15.3 Å². The van der Waals surface area contributed by atoms with Crippen molar-refractivity contribution in [3.8, 4) is 0 Å². The number of anilines is 1. The van der Waals surface area contributed by atoms with Crippen LogP contribution in [0.1, 0.15) is 0 Å². The first-order chi connectivity index (χ1) is 11.7. The molecule has 1 aromatic carbocycles. The van der Waals surface area contributed by atoms with Crippen LogP contribution >= 0.6 is 23.2 Å². The number of imide groups is 2. The van der Waals surface area contributed by atoms with Gasteiger partial charge in [-0.15, -0.1) is 0 Å². The molecule has 1 saturated heterocycles. The van der Waals surface area contributed by atoms with E-state index in [1.54, 1.807) is 0 Å². The van der Waals surface area contributed by atoms with E-state index in [4.69, 9.17) is 23.2 Å². The molecule has 1 heterocycles. The second kappa shape index (κ2) is 7.36. The minimum absolute atomic E-state index is 0.209. The molecule has 10 nitrogen and oxygen atoms in total. The zero-order valence-electron chi connectivity index (χ0n) is 12.6. The molecule has 12 heteroatoms. The quantitative estimate of drug-likeness (QED) is 0.431. The summed E-state index contributed by atoms with van der Waals surface area (Å²) in [4.78, 5) is 58.9. The molecule has 1 aliphatic heterocycles. The van der Waals surface area contributed by atoms with Gasteiger partial charge in [0.2, 0.25) is 5.91 Å². The Hall–Kier alpha value is -2.85. The highest BCUT2D eigenvalue weighted by atomic mass is 35.5. The third-order valence-corrected chi connectivity index (χ3v) is 3.85. The minimum atomic E-state index is -1.80. The van der Waals surface area contributed by atoms with Gasteiger partial charge in [0.25, 0.3) is 11.8 Å². The summed E-state index contributed by atoms with van der Waals surface area (Å²) >= 11 is 11.5. The Morgan fingerprint density at radius 2 is 1.80 bits per heavy atom. The molecule has 0 radical (unpaired) electrons. The van der Waals surface area contributed by atoms with Crippen molar-refractivity contribution in [2.45, 2.75) is 0 Å². The van der Waals surface area contributed by atoms with Crippen LogP contribution in [0.15, 0.2) is 18.2 Å². The van der Waals surface area contributed by atoms with Gasteiger partial charge in [-0.2, -0.15) is 0 Å². The van der Waals surface area contributed by atoms with Crippen LogP contribution < -0.4 is 21.5 Å². The molecule has 0 aromatic heterocycles. The number of halogens is 2. The number of hydrogen-bond donors (Lipinski definition) is 4. The van der Waals surface area contributed by atoms with Crippen LogP contribution in [0.25, 0.3) is 0 Å². The topological polar surface area (TPSA) is 137 Å². The Bertz CT molecular complexity index is 784. The minimum Gasteiger partial charge on any atom is -0.307 e. The van der Waals surface area contributed by atoms with Crippen molar-refractivity contribution in [2.24, 2.45) is 5.92 Å². The zero-order valence-corrected chi connectivity index (χ0v) is 14.1. The van der Waals surface area contributed by atoms with Crippen LogP contribution in [0.5, 0.6) is 0 Å². The molecule has 1 atom stereocenters. The zero-order chi connectivity index (χ0) is 18.7. The van der Waals surface area contributed by atoms with Gasteiger partial charge in [-0.25, -0.2) is 15.0 Å². The summed E-state index contributed by atoms with van der Waals surface area (Å²) in [5.41, 5.74) is 4.17. The molecule has 1 aliphatic rings. The average Bonchev–Trinajstić information content (AvgIpc) is 2.54. The molecular weight excluding hydrogens is 377 g/mol. The van der Waals surface area contributed by atoms with Gasteiger partial charge >= 0.3 is 12.1 Å². The SMILES string of the molecule is CN1C(=O)NC(=O)C(C(=O)NNC(=O)Nc2ccc(Cl)c(Cl)c2)C1=O. The number of carbonyl (C=O) groups excluding carboxylic acids is 5. The molecule has 1 unspecified atom stereocenters. The fraction of sp³-hybridized carbons (Fsp3) is 0.154. The van der Waals surface area contributed by atoms with Crippen molar-refractivity contribution in [1.82, 2.24) is 21.1 Å². The van der Waals surface area contributed by atoms with Crippen LogP contribution in [-0.4, -0.2) is 41.7 Å². The second-order valence-corrected chi connectivity index (χ2v) is 5.64. The summed E-state index contributed by atoms with van der Waals surface area (Å²) in [6, 6.07) is 2.50. The van der Waals surface area contributed by atoms with Gasteiger partial charge in [-0.3, -0.25) is 30.0 Å². The van der Waals surface area contributed by atoms with Gasteiger partial charge in [-0.05, 0) is 18.2 Å². The van der Waals surface area contributed by atoms with Gasteiger partial charge in [0.05, 0.1) is 10.0 Å². The summed E-state index contributed by atoms with van der Waals surface area (Å²) in [7, 11) is 1.11. The predicted octanol–water partition coefficient (Wildman–Crippen LogP) is 0.470. The number of benzene rings is 1. The summed E-state index contributed by atoms with van der Waals surface area (Å²) in [5, 5.41) is 4.69. The Kier molecular flexibility index (Phi) is 5.45. The van der Waals surface area contributed by atoms with Gasteiger partial charge in [-0.1, -0.05) is 23.2 Å². The highest BCUT2D eigenvalue weighted by molar-refractivity contribution is 6.42. The average molecular weight is 388 g/mol. The fourth-order valence-corrected chi connectivity index (χ4v) is 2.12. The lowest BCUT2D eigenvalue weighted by molar-refractivity contribution is -0.147. The largest absolute Gasteiger partial charge is 0.337 e. The molecule has 7 amide bonds. The lowest BCUT2D eigenvalue weighted by Crippen LogP contribution is -2.61. The Balaban J connectivity index is 1.93. The van der Waals surface area contributed by atoms with Crippen LogP contribution in [-0.2, 0) is 14.4 Å². The molecule has 2 rings (SSSR count). The summed E-state index contributed by atoms with van der Waals surface area (Å²) < 4.78 is 0. The highest BCUT2D eigenvalue weighted by Gasteiger charge is 2.43. The van der Waals surface area contributed by atoms with E-state index in [0.29, 0.717) is 9.92 Å². The van der Waals surface area contributed by atoms with Crippen LogP contribution in [0.3, 0.4) is 0 Å². The van der Waals surface area contributed by atoms with E-state index < -0.39 is 35.7 Å². The van der Waals surface area contributed by atoms with Crippen molar-refractivity contribution in [1.29, 1.82) is 0 Å². The molecule has 0 spiro atoms. The number of amides is 7. The van der Waals surface area contributed by atoms with Crippen molar-refractivity contribution in [3.05, 3.63) is 28.2 Å². The lowest BCUT2D eigenvalue weighted by atomic mass is 10.1. The van der Waals surface area contributed by atoms with Crippen molar-refractivity contribution in [2.75, 3.05) is 12.4 Å². The van der Waals surface area contributed by atoms with E-state index in [9.17, 15) is 24.0 Å². The van der Waals surface area contributed by atoms with E-state index >= 15 is 0 Å². The monoisotopic (exact) mass is 387 g/mol. The number of nitrogens with one attached hydrogen (secondary N) is 4. The number of nitrogens with zero attached hydrogens (tertiary/aromatic N) is 1. The van der Waals surface area contributed by atoms with E-state index in [0.717, 1.165) is 7.05 Å². The number of hydrogen-bond acceptors (Lipinski definition) is 5. The van der Waals surface area contributed by atoms with Crippen LogP contribution in [0.2, 0.25) is 10.0 Å². The maximum Gasteiger partial charge on any atom is 0.337 e. The van der Waals surface area contributed by atoms with Gasteiger partial charge in [0.15, 0.2) is 5.92 Å². The number of urea groups is 2. The maximum absolute atomic E-state index is 11.9. The van der Waals surface area contributed by atoms with Crippen molar-refractivity contribution in [3.63, 3.8) is 0 Å². The number of rotatable bonds is 2. The number of hydrazine groups is 1. The smallest absolute Gasteiger partial charge is 0.307 e. The number of carbonyl (C=O) groups is 5. The molecular formula is C13H11Cl2N5O5. The number of barbiturate groups is 1. The summed E-state index contributed by atoms with van der Waals surface area (Å²) in [5.74, 6) is -5.01. The molecule has 0 bridgehead atoms. The first-order valence-corrected chi connectivity index (χ1v) is 7.40. The maximum atomic E-state index is 11.9. The summed E-state index contributed by atoms with van der Waals surface area (Å²) in [6.07, 6.45) is 0. The standard InChI is InChI=1S/C13H11Cl2N5O5/c1-20-11(23)8(9(21)17-13(20)25)10(22)18-19-12(24)16-5-2-3-6(14)7(15)4-5/h2-4,8H,1H3,(H,18,22)(H2,16,19,24)(H,17,21,25). The molecule has 0 saturated carbocycles. The third kappa shape index (κ3) is 4.17. The van der Waals surface area contributed by atoms with Crippen LogP contribution in [0, 0.1) is 5.92 Å². The van der Waals surface area contributed by atoms with E-state index in [1.807, 2.05) is 16.2 Å². The highest BCUT2D eigenvalue weighted by Crippen LogP contribution is 2.24. The van der Waals surface area contributed by atoms with E-state index in [1.165, 1.54) is 18.2 Å². The van der Waals surface area contributed by atoms with E-state index in [-0.39, 0.29) is 10.7 Å². The Labute approximate surface area is 150 Å². The predicted molar refractivity (Wildman–Crippen MR) is 86.6 cm³/mol. The fourth-order valence-electron chi connectivity index (χ4n) is 1.83. The lowest BCUT2D eigenvalue weighted by Gasteiger charge is -2.26. The molecule has 132 valence electrons. The first kappa shape index (κ1) is 18.5. The van der Waals surface area contributed by atoms with Gasteiger partial charge in [0.1, 0.15) is 0 Å². The first-order valence-electron chi connectivity index (χ1n) is 6.65. The molecule has 4 N–H and O–H groups in total. The Morgan fingerprint density at radius 3 is 2.44 bits per heavy atom. The summed E-state index contributed by atoms with van der Waals surface area (Å²) in [6.45, 7) is 0. The second-order valence-electron chi connectivity index (χ2n) is 4.82.